The van der Waals surface area contributed by atoms with Crippen molar-refractivity contribution >= 4 is 118 Å². The van der Waals surface area contributed by atoms with Gasteiger partial charge in [-0.15, -0.1) is 10.2 Å². The van der Waals surface area contributed by atoms with Crippen LogP contribution < -0.4 is 10.6 Å². The summed E-state index contributed by atoms with van der Waals surface area (Å²) in [6, 6.07) is 14.6. The number of sulfone groups is 1. The Hall–Kier alpha value is -5.53. The third-order valence-corrected chi connectivity index (χ3v) is 12.9. The van der Waals surface area contributed by atoms with E-state index < -0.39 is 112 Å². The van der Waals surface area contributed by atoms with Crippen LogP contribution in [-0.4, -0.2) is 92.7 Å². The number of aromatic hydroxyl groups is 1. The lowest BCUT2D eigenvalue weighted by Crippen LogP contribution is -2.15. The van der Waals surface area contributed by atoms with Crippen molar-refractivity contribution < 1.29 is 69.6 Å². The van der Waals surface area contributed by atoms with Gasteiger partial charge in [0.1, 0.15) is 22.0 Å². The molecule has 0 bridgehead atoms. The number of hydrogen-bond acceptors (Lipinski definition) is 19. The van der Waals surface area contributed by atoms with Crippen LogP contribution in [0.1, 0.15) is 0 Å². The summed E-state index contributed by atoms with van der Waals surface area (Å²) in [6.45, 7) is -0.861. The Bertz CT molecular complexity index is 3330. The van der Waals surface area contributed by atoms with Crippen molar-refractivity contribution in [3.05, 3.63) is 84.1 Å². The van der Waals surface area contributed by atoms with Gasteiger partial charge in [-0.05, 0) is 65.5 Å². The standard InChI is InChI=1S/C31H24ClN7O16S5/c32-29-35-30(33-17-5-7-18(8-6-17)56(41,42)12-11-55-60(52,53)54)37-31(36-29)34-25-26(28(59(49,50)51)23-4-2-1-3-22(23)27(25)40)39-38-24-15-20(58(46,47)48)14-16-13-19(57(43,44)45)9-10-21(16)24/h1-10,13-15,40H,11-12H2,(H,43,44,45)(H,46,47,48)(H,49,50,51)(H,52,53,54)(H2,33,34,35,36,37). The molecule has 0 amide bonds. The van der Waals surface area contributed by atoms with E-state index in [2.05, 4.69) is 40.0 Å². The Morgan fingerprint density at radius 3 is 1.82 bits per heavy atom. The first-order valence-corrected chi connectivity index (χ1v) is 23.6. The lowest BCUT2D eigenvalue weighted by molar-refractivity contribution is 0.284. The highest BCUT2D eigenvalue weighted by Crippen LogP contribution is 2.48. The van der Waals surface area contributed by atoms with Gasteiger partial charge in [0.2, 0.25) is 17.2 Å². The van der Waals surface area contributed by atoms with Crippen LogP contribution in [0.4, 0.5) is 34.6 Å². The number of phenolic OH excluding ortho intramolecular Hbond substituents is 1. The second-order valence-electron chi connectivity index (χ2n) is 12.0. The van der Waals surface area contributed by atoms with Gasteiger partial charge >= 0.3 is 10.4 Å². The van der Waals surface area contributed by atoms with Crippen LogP contribution in [0.3, 0.4) is 0 Å². The summed E-state index contributed by atoms with van der Waals surface area (Å²) >= 11 is 6.16. The maximum absolute atomic E-state index is 13.0. The first-order chi connectivity index (χ1) is 27.8. The summed E-state index contributed by atoms with van der Waals surface area (Å²) in [4.78, 5) is 9.29. The largest absolute Gasteiger partial charge is 0.505 e. The number of phenols is 1. The summed E-state index contributed by atoms with van der Waals surface area (Å²) in [6.07, 6.45) is 0. The van der Waals surface area contributed by atoms with E-state index in [1.54, 1.807) is 0 Å². The van der Waals surface area contributed by atoms with Gasteiger partial charge in [-0.25, -0.2) is 12.6 Å². The van der Waals surface area contributed by atoms with Crippen molar-refractivity contribution in [3.63, 3.8) is 0 Å². The molecule has 60 heavy (non-hydrogen) atoms. The highest BCUT2D eigenvalue weighted by molar-refractivity contribution is 7.91. The highest BCUT2D eigenvalue weighted by atomic mass is 35.5. The molecule has 7 N–H and O–H groups in total. The molecule has 0 fully saturated rings. The molecule has 29 heteroatoms. The molecule has 0 aliphatic rings. The van der Waals surface area contributed by atoms with E-state index in [-0.39, 0.29) is 38.1 Å². The number of nitrogens with one attached hydrogen (secondary N) is 2. The molecule has 0 spiro atoms. The topological polar surface area (TPSA) is 369 Å². The fraction of sp³-hybridized carbons (Fsp3) is 0.0645. The SMILES string of the molecule is O=S(=O)(O)OCCS(=O)(=O)c1ccc(Nc2nc(Cl)nc(Nc3c(N=Nc4cc(S(=O)(=O)O)cc5cc(S(=O)(=O)O)ccc45)c(S(=O)(=O)O)c4ccccc4c3O)n2)cc1. The van der Waals surface area contributed by atoms with Crippen LogP contribution in [0.2, 0.25) is 5.28 Å². The van der Waals surface area contributed by atoms with E-state index >= 15 is 0 Å². The van der Waals surface area contributed by atoms with Gasteiger partial charge in [-0.3, -0.25) is 18.2 Å². The number of azo groups is 1. The number of anilines is 4. The summed E-state index contributed by atoms with van der Waals surface area (Å²) < 4.78 is 163. The number of nitrogens with zero attached hydrogens (tertiary/aromatic N) is 5. The van der Waals surface area contributed by atoms with Gasteiger partial charge in [0.05, 0.1) is 32.7 Å². The van der Waals surface area contributed by atoms with Crippen molar-refractivity contribution in [2.45, 2.75) is 19.6 Å². The number of halogens is 1. The van der Waals surface area contributed by atoms with Crippen molar-refractivity contribution in [1.29, 1.82) is 0 Å². The molecule has 23 nitrogen and oxygen atoms in total. The molecule has 1 aromatic heterocycles. The quantitative estimate of drug-likeness (QED) is 0.0439. The van der Waals surface area contributed by atoms with E-state index in [9.17, 15) is 60.9 Å². The number of hydrogen-bond donors (Lipinski definition) is 7. The van der Waals surface area contributed by atoms with E-state index in [1.165, 1.54) is 36.4 Å². The number of aromatic nitrogens is 3. The Kier molecular flexibility index (Phi) is 11.9. The molecule has 0 aliphatic carbocycles. The second kappa shape index (κ2) is 16.2. The van der Waals surface area contributed by atoms with E-state index in [0.29, 0.717) is 0 Å². The molecule has 0 saturated heterocycles. The molecular weight excluding hydrogens is 922 g/mol. The van der Waals surface area contributed by atoms with Crippen LogP contribution in [0.15, 0.2) is 109 Å². The van der Waals surface area contributed by atoms with Crippen molar-refractivity contribution in [2.75, 3.05) is 23.0 Å². The van der Waals surface area contributed by atoms with Gasteiger partial charge in [0.15, 0.2) is 9.84 Å². The monoisotopic (exact) mass is 945 g/mol. The second-order valence-corrected chi connectivity index (χ2v) is 19.7. The Morgan fingerprint density at radius 1 is 0.633 bits per heavy atom. The van der Waals surface area contributed by atoms with Crippen LogP contribution in [-0.2, 0) is 54.8 Å². The summed E-state index contributed by atoms with van der Waals surface area (Å²) in [7, 11) is -24.1. The third-order valence-electron chi connectivity index (χ3n) is 8.00. The van der Waals surface area contributed by atoms with Crippen LogP contribution >= 0.6 is 11.6 Å². The Labute approximate surface area is 343 Å². The normalized spacial score (nSPS) is 12.9. The van der Waals surface area contributed by atoms with E-state index in [1.807, 2.05) is 0 Å². The number of fused-ring (bicyclic) bond motifs is 2. The van der Waals surface area contributed by atoms with E-state index in [0.717, 1.165) is 42.5 Å². The molecule has 1 heterocycles. The Balaban J connectivity index is 1.45. The van der Waals surface area contributed by atoms with Gasteiger partial charge in [-0.1, -0.05) is 30.3 Å². The van der Waals surface area contributed by atoms with Crippen molar-refractivity contribution in [3.8, 4) is 5.75 Å². The minimum absolute atomic E-state index is 0.0387. The van der Waals surface area contributed by atoms with Crippen molar-refractivity contribution in [1.82, 2.24) is 15.0 Å². The van der Waals surface area contributed by atoms with Gasteiger partial charge in [0.25, 0.3) is 30.4 Å². The minimum Gasteiger partial charge on any atom is -0.505 e. The van der Waals surface area contributed by atoms with E-state index in [4.69, 9.17) is 16.2 Å². The molecule has 6 aromatic rings. The molecule has 5 aromatic carbocycles. The lowest BCUT2D eigenvalue weighted by Gasteiger charge is -2.16. The molecular formula is C31H24ClN7O16S5. The van der Waals surface area contributed by atoms with Crippen LogP contribution in [0.25, 0.3) is 21.5 Å². The fourth-order valence-corrected chi connectivity index (χ4v) is 9.01. The smallest absolute Gasteiger partial charge is 0.397 e. The zero-order valence-electron chi connectivity index (χ0n) is 29.3. The average molecular weight is 946 g/mol. The molecule has 0 unspecified atom stereocenters. The minimum atomic E-state index is -5.29. The zero-order valence-corrected chi connectivity index (χ0v) is 34.1. The number of benzene rings is 5. The first kappa shape index (κ1) is 44.0. The fourth-order valence-electron chi connectivity index (χ4n) is 5.46. The predicted molar refractivity (Wildman–Crippen MR) is 211 cm³/mol. The summed E-state index contributed by atoms with van der Waals surface area (Å²) in [5.41, 5.74) is -1.72. The van der Waals surface area contributed by atoms with Crippen LogP contribution in [0, 0.1) is 0 Å². The summed E-state index contributed by atoms with van der Waals surface area (Å²) in [5, 5.41) is 23.5. The molecule has 0 aliphatic heterocycles. The summed E-state index contributed by atoms with van der Waals surface area (Å²) in [5.74, 6) is -2.33. The zero-order chi connectivity index (χ0) is 44.0. The first-order valence-electron chi connectivity index (χ1n) is 15.9. The predicted octanol–water partition coefficient (Wildman–Crippen LogP) is 4.77. The average Bonchev–Trinajstić information content (AvgIpc) is 3.13. The maximum atomic E-state index is 13.0. The molecule has 0 saturated carbocycles. The van der Waals surface area contributed by atoms with Gasteiger partial charge in [-0.2, -0.15) is 48.6 Å². The molecule has 316 valence electrons. The lowest BCUT2D eigenvalue weighted by atomic mass is 10.1. The Morgan fingerprint density at radius 2 is 1.22 bits per heavy atom. The van der Waals surface area contributed by atoms with Crippen LogP contribution in [0.5, 0.6) is 5.75 Å². The van der Waals surface area contributed by atoms with Gasteiger partial charge in [0, 0.05) is 21.8 Å². The van der Waals surface area contributed by atoms with Gasteiger partial charge < -0.3 is 15.7 Å². The molecule has 6 rings (SSSR count). The maximum Gasteiger partial charge on any atom is 0.397 e. The highest BCUT2D eigenvalue weighted by Gasteiger charge is 2.28. The molecule has 0 radical (unpaired) electrons. The van der Waals surface area contributed by atoms with Crippen molar-refractivity contribution in [2.24, 2.45) is 10.2 Å². The third kappa shape index (κ3) is 10.1. The number of rotatable bonds is 14. The molecule has 0 atom stereocenters.